The van der Waals surface area contributed by atoms with Crippen molar-refractivity contribution < 1.29 is 32.7 Å². The molecule has 2 aromatic carbocycles. The van der Waals surface area contributed by atoms with Crippen LogP contribution in [-0.2, 0) is 6.18 Å². The third-order valence-electron chi connectivity index (χ3n) is 5.01. The first-order valence-corrected chi connectivity index (χ1v) is 9.87. The molecule has 0 spiro atoms. The molecule has 1 atom stereocenters. The van der Waals surface area contributed by atoms with Gasteiger partial charge in [-0.25, -0.2) is 0 Å². The van der Waals surface area contributed by atoms with Crippen LogP contribution in [0.25, 0.3) is 0 Å². The number of ether oxygens (including phenoxy) is 1. The van der Waals surface area contributed by atoms with Crippen LogP contribution in [0.15, 0.2) is 42.5 Å². The summed E-state index contributed by atoms with van der Waals surface area (Å²) in [7, 11) is 0. The third kappa shape index (κ3) is 5.47. The molecule has 172 valence electrons. The van der Waals surface area contributed by atoms with Gasteiger partial charge in [0.25, 0.3) is 11.6 Å². The van der Waals surface area contributed by atoms with E-state index in [1.54, 1.807) is 0 Å². The van der Waals surface area contributed by atoms with Gasteiger partial charge in [-0.2, -0.15) is 13.2 Å². The van der Waals surface area contributed by atoms with Gasteiger partial charge in [-0.15, -0.1) is 0 Å². The van der Waals surface area contributed by atoms with E-state index < -0.39 is 28.7 Å². The lowest BCUT2D eigenvalue weighted by Crippen LogP contribution is -2.48. The van der Waals surface area contributed by atoms with Crippen molar-refractivity contribution in [1.82, 2.24) is 4.90 Å². The number of nitrogens with zero attached hydrogens (tertiary/aromatic N) is 3. The highest BCUT2D eigenvalue weighted by Gasteiger charge is 2.31. The lowest BCUT2D eigenvalue weighted by molar-refractivity contribution is -0.384. The van der Waals surface area contributed by atoms with Crippen LogP contribution >= 0.6 is 0 Å². The van der Waals surface area contributed by atoms with Crippen molar-refractivity contribution >= 4 is 17.3 Å². The fourth-order valence-corrected chi connectivity index (χ4v) is 3.33. The first-order chi connectivity index (χ1) is 15.1. The number of non-ortho nitro benzene ring substituents is 1. The molecule has 1 unspecified atom stereocenters. The van der Waals surface area contributed by atoms with Gasteiger partial charge >= 0.3 is 6.18 Å². The van der Waals surface area contributed by atoms with Gasteiger partial charge in [-0.05, 0) is 37.3 Å². The molecule has 1 heterocycles. The number of amides is 1. The molecule has 32 heavy (non-hydrogen) atoms. The molecular formula is C21H22F3N3O5. The molecule has 0 radical (unpaired) electrons. The second-order valence-corrected chi connectivity index (χ2v) is 7.42. The zero-order valence-corrected chi connectivity index (χ0v) is 17.2. The molecule has 11 heteroatoms. The molecule has 0 bridgehead atoms. The van der Waals surface area contributed by atoms with E-state index >= 15 is 0 Å². The van der Waals surface area contributed by atoms with Crippen molar-refractivity contribution in [3.05, 3.63) is 63.7 Å². The number of nitro groups is 1. The van der Waals surface area contributed by atoms with Crippen LogP contribution in [0, 0.1) is 10.1 Å². The maximum atomic E-state index is 13.1. The number of carbonyl (C=O) groups is 1. The van der Waals surface area contributed by atoms with Gasteiger partial charge in [0.05, 0.1) is 22.2 Å². The lowest BCUT2D eigenvalue weighted by atomic mass is 10.1. The molecule has 0 aliphatic carbocycles. The highest BCUT2D eigenvalue weighted by atomic mass is 19.4. The quantitative estimate of drug-likeness (QED) is 0.533. The Bertz CT molecular complexity index is 972. The molecule has 8 nitrogen and oxygen atoms in total. The Morgan fingerprint density at radius 3 is 2.31 bits per heavy atom. The second kappa shape index (κ2) is 9.43. The minimum atomic E-state index is -4.41. The van der Waals surface area contributed by atoms with Crippen molar-refractivity contribution in [2.75, 3.05) is 37.7 Å². The van der Waals surface area contributed by atoms with Crippen LogP contribution in [0.3, 0.4) is 0 Å². The maximum absolute atomic E-state index is 13.1. The second-order valence-electron chi connectivity index (χ2n) is 7.42. The summed E-state index contributed by atoms with van der Waals surface area (Å²) in [5.41, 5.74) is -0.365. The van der Waals surface area contributed by atoms with E-state index in [9.17, 15) is 33.2 Å². The largest absolute Gasteiger partial charge is 0.490 e. The summed E-state index contributed by atoms with van der Waals surface area (Å²) < 4.78 is 43.7. The molecule has 0 aromatic heterocycles. The zero-order valence-electron chi connectivity index (χ0n) is 17.2. The molecule has 1 saturated heterocycles. The summed E-state index contributed by atoms with van der Waals surface area (Å²) in [6, 6.07) is 8.50. The predicted octanol–water partition coefficient (Wildman–Crippen LogP) is 3.34. The number of aliphatic hydroxyl groups excluding tert-OH is 1. The number of nitro benzene ring substituents is 1. The number of benzene rings is 2. The lowest BCUT2D eigenvalue weighted by Gasteiger charge is -2.36. The van der Waals surface area contributed by atoms with Crippen LogP contribution in [0.5, 0.6) is 5.75 Å². The molecule has 1 aliphatic rings. The predicted molar refractivity (Wildman–Crippen MR) is 110 cm³/mol. The number of anilines is 1. The summed E-state index contributed by atoms with van der Waals surface area (Å²) in [5.74, 6) is -0.326. The summed E-state index contributed by atoms with van der Waals surface area (Å²) >= 11 is 0. The average molecular weight is 453 g/mol. The smallest absolute Gasteiger partial charge is 0.416 e. The van der Waals surface area contributed by atoms with Gasteiger partial charge in [-0.3, -0.25) is 14.9 Å². The fraction of sp³-hybridized carbons (Fsp3) is 0.381. The van der Waals surface area contributed by atoms with E-state index in [2.05, 4.69) is 0 Å². The monoisotopic (exact) mass is 453 g/mol. The van der Waals surface area contributed by atoms with E-state index in [0.29, 0.717) is 18.8 Å². The van der Waals surface area contributed by atoms with E-state index in [4.69, 9.17) is 4.74 Å². The summed E-state index contributed by atoms with van der Waals surface area (Å²) in [4.78, 5) is 27.0. The van der Waals surface area contributed by atoms with Gasteiger partial charge in [0.2, 0.25) is 0 Å². The molecule has 0 saturated carbocycles. The molecule has 2 aromatic rings. The van der Waals surface area contributed by atoms with E-state index in [0.717, 1.165) is 18.2 Å². The first kappa shape index (κ1) is 23.3. The molecule has 1 fully saturated rings. The zero-order chi connectivity index (χ0) is 23.5. The number of hydrogen-bond acceptors (Lipinski definition) is 6. The number of piperazine rings is 1. The van der Waals surface area contributed by atoms with Gasteiger partial charge in [-0.1, -0.05) is 0 Å². The molecule has 1 aliphatic heterocycles. The Morgan fingerprint density at radius 1 is 1.16 bits per heavy atom. The highest BCUT2D eigenvalue weighted by Crippen LogP contribution is 2.31. The van der Waals surface area contributed by atoms with Crippen molar-refractivity contribution in [3.8, 4) is 5.75 Å². The molecular weight excluding hydrogens is 431 g/mol. The molecule has 1 amide bonds. The number of rotatable bonds is 6. The Morgan fingerprint density at radius 2 is 1.78 bits per heavy atom. The van der Waals surface area contributed by atoms with Gasteiger partial charge in [0.15, 0.2) is 0 Å². The topological polar surface area (TPSA) is 96.1 Å². The number of alkyl halides is 3. The molecule has 3 rings (SSSR count). The Hall–Kier alpha value is -3.34. The van der Waals surface area contributed by atoms with Crippen LogP contribution < -0.4 is 9.64 Å². The van der Waals surface area contributed by atoms with Crippen molar-refractivity contribution in [1.29, 1.82) is 0 Å². The van der Waals surface area contributed by atoms with Crippen molar-refractivity contribution in [3.63, 3.8) is 0 Å². The van der Waals surface area contributed by atoms with Crippen molar-refractivity contribution in [2.45, 2.75) is 19.2 Å². The summed E-state index contributed by atoms with van der Waals surface area (Å²) in [6.45, 7) is 2.75. The van der Waals surface area contributed by atoms with Gasteiger partial charge in [0, 0.05) is 44.0 Å². The minimum absolute atomic E-state index is 0.0165. The fourth-order valence-electron chi connectivity index (χ4n) is 3.33. The maximum Gasteiger partial charge on any atom is 0.416 e. The Labute approximate surface area is 182 Å². The van der Waals surface area contributed by atoms with Crippen LogP contribution in [0.1, 0.15) is 22.8 Å². The third-order valence-corrected chi connectivity index (χ3v) is 5.01. The van der Waals surface area contributed by atoms with Crippen molar-refractivity contribution in [2.24, 2.45) is 0 Å². The first-order valence-electron chi connectivity index (χ1n) is 9.87. The Kier molecular flexibility index (Phi) is 6.87. The van der Waals surface area contributed by atoms with Crippen LogP contribution in [0.2, 0.25) is 0 Å². The summed E-state index contributed by atoms with van der Waals surface area (Å²) in [6.07, 6.45) is -5.20. The highest BCUT2D eigenvalue weighted by molar-refractivity contribution is 5.97. The standard InChI is InChI=1S/C21H22F3N3O5/c1-14(28)13-32-19-7-6-17(27(30)31)12-18(19)20(29)26-10-8-25(9-11-26)16-4-2-15(3-5-16)21(22,23)24/h2-7,12,14,28H,8-11,13H2,1H3. The van der Waals surface area contributed by atoms with Gasteiger partial charge in [0.1, 0.15) is 12.4 Å². The Balaban J connectivity index is 1.72. The normalized spacial score (nSPS) is 15.4. The average Bonchev–Trinajstić information content (AvgIpc) is 2.76. The SMILES string of the molecule is CC(O)COc1ccc([N+](=O)[O-])cc1C(=O)N1CCN(c2ccc(C(F)(F)F)cc2)CC1. The van der Waals surface area contributed by atoms with Gasteiger partial charge < -0.3 is 19.6 Å². The molecule has 1 N–H and O–H groups in total. The number of aliphatic hydroxyl groups is 1. The van der Waals surface area contributed by atoms with E-state index in [1.165, 1.54) is 36.1 Å². The summed E-state index contributed by atoms with van der Waals surface area (Å²) in [5, 5.41) is 20.6. The van der Waals surface area contributed by atoms with E-state index in [1.807, 2.05) is 4.90 Å². The minimum Gasteiger partial charge on any atom is -0.490 e. The number of halogens is 3. The van der Waals surface area contributed by atoms with Crippen LogP contribution in [0.4, 0.5) is 24.5 Å². The number of hydrogen-bond donors (Lipinski definition) is 1. The van der Waals surface area contributed by atoms with E-state index in [-0.39, 0.29) is 36.7 Å². The number of carbonyl (C=O) groups excluding carboxylic acids is 1. The van der Waals surface area contributed by atoms with Crippen LogP contribution in [-0.4, -0.2) is 59.7 Å².